The van der Waals surface area contributed by atoms with Gasteiger partial charge in [-0.3, -0.25) is 27.3 Å². The molecular formula is C80H93ClN16O26S6Si2. The van der Waals surface area contributed by atoms with Crippen molar-refractivity contribution in [2.45, 2.75) is 110 Å². The minimum atomic E-state index is -5.31. The number of anilines is 9. The first-order valence-corrected chi connectivity index (χ1v) is 52.9. The topological polar surface area (TPSA) is 617 Å². The average molecular weight is 1980 g/mol. The van der Waals surface area contributed by atoms with Gasteiger partial charge >= 0.3 is 17.6 Å². The molecule has 0 saturated carbocycles. The van der Waals surface area contributed by atoms with Gasteiger partial charge in [-0.15, -0.1) is 20.5 Å². The maximum Gasteiger partial charge on any atom is 0.500 e. The third-order valence-electron chi connectivity index (χ3n) is 18.9. The maximum atomic E-state index is 12.8. The molecule has 12 rings (SSSR count). The lowest BCUT2D eigenvalue weighted by Gasteiger charge is -2.28. The number of rotatable bonds is 40. The molecule has 0 aliphatic carbocycles. The molecule has 0 atom stereocenters. The van der Waals surface area contributed by atoms with Crippen molar-refractivity contribution in [2.24, 2.45) is 26.2 Å². The predicted octanol–water partition coefficient (Wildman–Crippen LogP) is 15.8. The van der Waals surface area contributed by atoms with Crippen LogP contribution in [0.5, 0.6) is 11.5 Å². The van der Waals surface area contributed by atoms with Crippen LogP contribution in [0, 0.1) is 0 Å². The van der Waals surface area contributed by atoms with E-state index in [1.54, 1.807) is 64.4 Å². The minimum Gasteiger partial charge on any atom is -0.505 e. The molecule has 0 aliphatic rings. The molecule has 0 fully saturated rings. The SMILES string of the molecule is CCN(c1ccccc1)c1nc(Cl)nc(Nc2cc(S(=O)(=O)O)cc3cc(S(=O)(=O)O)c(N=Nc4ccc5ccccc5c4S(=O)(=O)O)c(O)c23)n1.CCO[Si](CCCN)(OCC)OCC.CCO[Si](CCCNc1nc(Nc2cc(S(=O)(=O)O)cc3cc(S(=O)(=O)O)c(N=Nc4ccc5ccccc5c4S(=O)(=O)O)c(O)c23)nc(N(CC)c2ccccc2)n1)(OCC)OCC. The molecule has 0 aliphatic heterocycles. The molecular weight excluding hydrogens is 1880 g/mol. The number of benzene rings is 10. The summed E-state index contributed by atoms with van der Waals surface area (Å²) in [7, 11) is -35.9. The van der Waals surface area contributed by atoms with Gasteiger partial charge in [0, 0.05) is 104 Å². The Morgan fingerprint density at radius 1 is 0.397 bits per heavy atom. The lowest BCUT2D eigenvalue weighted by Crippen LogP contribution is -2.46. The Labute approximate surface area is 761 Å². The van der Waals surface area contributed by atoms with Crippen molar-refractivity contribution in [1.82, 2.24) is 29.9 Å². The van der Waals surface area contributed by atoms with Gasteiger partial charge in [0.25, 0.3) is 60.7 Å². The molecule has 0 unspecified atom stereocenters. The number of phenolic OH excluding ortho intramolecular Hbond substituents is 2. The van der Waals surface area contributed by atoms with Crippen LogP contribution in [0.25, 0.3) is 43.1 Å². The van der Waals surface area contributed by atoms with Crippen LogP contribution in [0.4, 0.5) is 75.2 Å². The Morgan fingerprint density at radius 3 is 1.11 bits per heavy atom. The van der Waals surface area contributed by atoms with Gasteiger partial charge in [-0.05, 0) is 181 Å². The number of fused-ring (bicyclic) bond motifs is 4. The third-order valence-corrected chi connectivity index (χ3v) is 30.7. The van der Waals surface area contributed by atoms with Gasteiger partial charge in [0.05, 0.1) is 21.2 Å². The van der Waals surface area contributed by atoms with Crippen LogP contribution in [0.2, 0.25) is 17.4 Å². The number of azo groups is 2. The molecule has 0 amide bonds. The van der Waals surface area contributed by atoms with E-state index >= 15 is 0 Å². The first kappa shape index (κ1) is 102. The molecule has 51 heteroatoms. The number of nitrogens with zero attached hydrogens (tertiary/aromatic N) is 12. The quantitative estimate of drug-likeness (QED) is 0.00734. The van der Waals surface area contributed by atoms with Crippen LogP contribution < -0.4 is 31.5 Å². The second-order valence-electron chi connectivity index (χ2n) is 27.6. The smallest absolute Gasteiger partial charge is 0.500 e. The number of hydrogen-bond acceptors (Lipinski definition) is 36. The van der Waals surface area contributed by atoms with Crippen LogP contribution in [-0.2, 0) is 87.3 Å². The second kappa shape index (κ2) is 44.0. The molecule has 0 radical (unpaired) electrons. The summed E-state index contributed by atoms with van der Waals surface area (Å²) in [6.07, 6.45) is 1.39. The lowest BCUT2D eigenvalue weighted by atomic mass is 10.1. The number of phenols is 2. The molecule has 0 bridgehead atoms. The molecule has 0 saturated heterocycles. The fraction of sp³-hybridized carbons (Fsp3) is 0.275. The Bertz CT molecular complexity index is 6940. The summed E-state index contributed by atoms with van der Waals surface area (Å²) in [5, 5.41) is 46.8. The van der Waals surface area contributed by atoms with E-state index in [0.29, 0.717) is 100 Å². The van der Waals surface area contributed by atoms with Gasteiger partial charge in [-0.25, -0.2) is 0 Å². The largest absolute Gasteiger partial charge is 0.505 e. The number of aromatic nitrogens is 6. The Morgan fingerprint density at radius 2 is 0.756 bits per heavy atom. The number of hydrogen-bond donors (Lipinski definition) is 12. The summed E-state index contributed by atoms with van der Waals surface area (Å²) in [5.41, 5.74) is 3.46. The van der Waals surface area contributed by atoms with E-state index in [4.69, 9.17) is 43.9 Å². The highest BCUT2D eigenvalue weighted by atomic mass is 35.5. The first-order chi connectivity index (χ1) is 62.0. The van der Waals surface area contributed by atoms with Crippen LogP contribution in [0.15, 0.2) is 220 Å². The van der Waals surface area contributed by atoms with Crippen LogP contribution in [-0.4, -0.2) is 201 Å². The molecule has 700 valence electrons. The number of nitrogens with two attached hydrogens (primary N) is 1. The van der Waals surface area contributed by atoms with Crippen molar-refractivity contribution < 1.29 is 115 Å². The predicted molar refractivity (Wildman–Crippen MR) is 493 cm³/mol. The zero-order valence-corrected chi connectivity index (χ0v) is 78.9. The zero-order chi connectivity index (χ0) is 95.6. The monoisotopic (exact) mass is 1980 g/mol. The molecule has 10 aromatic carbocycles. The van der Waals surface area contributed by atoms with E-state index in [1.807, 2.05) is 85.7 Å². The Balaban J connectivity index is 0.000000241. The number of para-hydroxylation sites is 2. The zero-order valence-electron chi connectivity index (χ0n) is 71.3. The van der Waals surface area contributed by atoms with Crippen molar-refractivity contribution in [3.8, 4) is 11.5 Å². The minimum absolute atomic E-state index is 0.0457. The van der Waals surface area contributed by atoms with Crippen molar-refractivity contribution in [2.75, 3.05) is 91.6 Å². The van der Waals surface area contributed by atoms with Gasteiger partial charge in [0.2, 0.25) is 35.0 Å². The molecule has 13 N–H and O–H groups in total. The second-order valence-corrected chi connectivity index (χ2v) is 41.8. The van der Waals surface area contributed by atoms with Crippen molar-refractivity contribution in [1.29, 1.82) is 0 Å². The highest BCUT2D eigenvalue weighted by Gasteiger charge is 2.41. The highest BCUT2D eigenvalue weighted by Crippen LogP contribution is 2.49. The Hall–Kier alpha value is -11.0. The molecule has 42 nitrogen and oxygen atoms in total. The van der Waals surface area contributed by atoms with E-state index in [-0.39, 0.29) is 78.7 Å². The van der Waals surface area contributed by atoms with Gasteiger partial charge in [-0.1, -0.05) is 97.1 Å². The third kappa shape index (κ3) is 25.6. The molecule has 2 aromatic heterocycles. The van der Waals surface area contributed by atoms with Gasteiger partial charge in [0.15, 0.2) is 11.5 Å². The first-order valence-electron chi connectivity index (χ1n) is 40.1. The van der Waals surface area contributed by atoms with E-state index < -0.39 is 142 Å². The number of aromatic hydroxyl groups is 2. The van der Waals surface area contributed by atoms with Crippen molar-refractivity contribution in [3.63, 3.8) is 0 Å². The van der Waals surface area contributed by atoms with E-state index in [1.165, 1.54) is 48.5 Å². The lowest BCUT2D eigenvalue weighted by molar-refractivity contribution is 0.0702. The fourth-order valence-corrected chi connectivity index (χ4v) is 23.2. The van der Waals surface area contributed by atoms with Gasteiger partial charge < -0.3 is 68.3 Å². The number of nitrogens with one attached hydrogen (secondary N) is 3. The summed E-state index contributed by atoms with van der Waals surface area (Å²) < 4.78 is 246. The van der Waals surface area contributed by atoms with E-state index in [2.05, 4.69) is 66.3 Å². The standard InChI is InChI=1S/C40H46N8O13S3Si.C31H24ClN7O10S3.C9H23NO3Si/c1-5-48(28-16-10-9-11-17-28)40-44-38(41-21-14-22-65(59-6-2,60-7-3)61-8-4)43-39(45-40)42-32-25-29(62(50,51)52)23-27-24-33(63(53,54)55)35(36(49)34(27)32)47-46-31-20-19-26-15-12-13-18-30(26)37(31)64(56,57)58;1-2-39(19-9-4-3-5-10-19)31-35-29(32)34-30(36-31)33-23-16-20(50(41,42)43)14-18-15-24(51(44,45)46)26(27(40)25(18)23)38-37-22-13-12-17-8-6-7-11-21(17)28(22)52(47,48)49;1-4-11-14(12-5-2,13-6-3)9-7-8-10/h9-13,15-20,23-25,49H,5-8,14,21-22H2,1-4H3,(H,50,51,52)(H,53,54,55)(H,56,57,58)(H2,41,42,43,44,45);3-16,40H,2H2,1H3,(H,41,42,43)(H,44,45,46)(H,47,48,49)(H,33,34,35,36);4-10H2,1-3H3. The summed E-state index contributed by atoms with van der Waals surface area (Å²) >= 11 is 6.24. The molecule has 131 heavy (non-hydrogen) atoms. The summed E-state index contributed by atoms with van der Waals surface area (Å²) in [6.45, 7) is 19.9. The molecule has 12 aromatic rings. The molecule has 2 heterocycles. The van der Waals surface area contributed by atoms with Crippen LogP contribution in [0.3, 0.4) is 0 Å². The van der Waals surface area contributed by atoms with Crippen molar-refractivity contribution in [3.05, 3.63) is 175 Å². The Kier molecular flexibility index (Phi) is 34.3. The van der Waals surface area contributed by atoms with Crippen LogP contribution >= 0.6 is 11.6 Å². The maximum absolute atomic E-state index is 12.8. The van der Waals surface area contributed by atoms with Gasteiger partial charge in [-0.2, -0.15) is 80.4 Å². The van der Waals surface area contributed by atoms with Crippen LogP contribution in [0.1, 0.15) is 68.2 Å². The van der Waals surface area contributed by atoms with Crippen molar-refractivity contribution >= 4 is 208 Å². The van der Waals surface area contributed by atoms with E-state index in [0.717, 1.165) is 48.9 Å². The summed E-state index contributed by atoms with van der Waals surface area (Å²) in [4.78, 5) is 24.7. The van der Waals surface area contributed by atoms with Gasteiger partial charge in [0.1, 0.15) is 42.3 Å². The normalized spacial score (nSPS) is 12.5. The fourth-order valence-electron chi connectivity index (χ4n) is 13.7. The molecule has 0 spiro atoms. The van der Waals surface area contributed by atoms with E-state index in [9.17, 15) is 88.0 Å². The number of halogens is 1. The summed E-state index contributed by atoms with van der Waals surface area (Å²) in [5.74, 6) is -2.29. The summed E-state index contributed by atoms with van der Waals surface area (Å²) in [6, 6.07) is 41.7. The highest BCUT2D eigenvalue weighted by molar-refractivity contribution is 7.87. The average Bonchev–Trinajstić information content (AvgIpc) is 0.747.